The van der Waals surface area contributed by atoms with E-state index < -0.39 is 0 Å². The van der Waals surface area contributed by atoms with Crippen molar-refractivity contribution in [3.05, 3.63) is 64.1 Å². The number of aromatic nitrogens is 2. The number of hydrogen-bond acceptors (Lipinski definition) is 6. The minimum absolute atomic E-state index is 0.0794. The highest BCUT2D eigenvalue weighted by Crippen LogP contribution is 2.28. The predicted octanol–water partition coefficient (Wildman–Crippen LogP) is 5.33. The second-order valence-electron chi connectivity index (χ2n) is 5.08. The van der Waals surface area contributed by atoms with Gasteiger partial charge in [0.1, 0.15) is 0 Å². The zero-order valence-corrected chi connectivity index (χ0v) is 16.0. The number of nitrogens with zero attached hydrogens (tertiary/aromatic N) is 2. The van der Waals surface area contributed by atoms with Gasteiger partial charge in [0.2, 0.25) is 5.13 Å². The van der Waals surface area contributed by atoms with Crippen LogP contribution in [0.3, 0.4) is 0 Å². The number of halogens is 1. The molecule has 4 nitrogen and oxygen atoms in total. The van der Waals surface area contributed by atoms with Gasteiger partial charge in [-0.15, -0.1) is 10.2 Å². The van der Waals surface area contributed by atoms with Crippen LogP contribution in [0.15, 0.2) is 57.3 Å². The fourth-order valence-corrected chi connectivity index (χ4v) is 3.86. The molecule has 0 aliphatic heterocycles. The molecule has 0 fully saturated rings. The van der Waals surface area contributed by atoms with E-state index in [1.54, 1.807) is 0 Å². The number of aryl methyl sites for hydroxylation is 1. The van der Waals surface area contributed by atoms with Crippen molar-refractivity contribution >= 4 is 55.6 Å². The molecule has 0 unspecified atom stereocenters. The minimum Gasteiger partial charge on any atom is -0.330 e. The van der Waals surface area contributed by atoms with Crippen molar-refractivity contribution in [2.24, 2.45) is 0 Å². The second-order valence-corrected chi connectivity index (χ2v) is 8.20. The molecule has 0 amide bonds. The molecule has 0 saturated carbocycles. The largest absolute Gasteiger partial charge is 0.330 e. The van der Waals surface area contributed by atoms with Gasteiger partial charge in [0.05, 0.1) is 5.75 Å². The van der Waals surface area contributed by atoms with Crippen LogP contribution in [0, 0.1) is 6.92 Å². The highest BCUT2D eigenvalue weighted by atomic mass is 79.9. The van der Waals surface area contributed by atoms with E-state index in [9.17, 15) is 4.79 Å². The molecule has 0 aliphatic carbocycles. The van der Waals surface area contributed by atoms with E-state index in [1.807, 2.05) is 55.5 Å². The predicted molar refractivity (Wildman–Crippen MR) is 104 cm³/mol. The van der Waals surface area contributed by atoms with Crippen molar-refractivity contribution in [3.8, 4) is 0 Å². The molecule has 3 aromatic rings. The maximum atomic E-state index is 12.2. The summed E-state index contributed by atoms with van der Waals surface area (Å²) in [5.41, 5.74) is 2.88. The first-order valence-corrected chi connectivity index (χ1v) is 9.78. The van der Waals surface area contributed by atoms with Crippen LogP contribution >= 0.6 is 39.0 Å². The average molecular weight is 420 g/mol. The van der Waals surface area contributed by atoms with Crippen LogP contribution < -0.4 is 5.32 Å². The van der Waals surface area contributed by atoms with Gasteiger partial charge in [0.15, 0.2) is 10.1 Å². The number of benzene rings is 2. The molecule has 2 aromatic carbocycles. The Bertz CT molecular complexity index is 832. The summed E-state index contributed by atoms with van der Waals surface area (Å²) in [7, 11) is 0. The molecule has 0 atom stereocenters. The van der Waals surface area contributed by atoms with E-state index in [0.29, 0.717) is 11.3 Å². The standard InChI is InChI=1S/C17H14BrN3OS2/c1-11-2-8-14(9-3-11)19-16-20-21-17(24-16)23-10-15(22)12-4-6-13(18)7-5-12/h2-9H,10H2,1H3,(H,19,20). The number of anilines is 2. The Morgan fingerprint density at radius 2 is 1.83 bits per heavy atom. The lowest BCUT2D eigenvalue weighted by Gasteiger charge is -2.01. The van der Waals surface area contributed by atoms with Gasteiger partial charge < -0.3 is 5.32 Å². The number of rotatable bonds is 6. The smallest absolute Gasteiger partial charge is 0.210 e. The number of nitrogens with one attached hydrogen (secondary N) is 1. The van der Waals surface area contributed by atoms with Crippen molar-refractivity contribution in [2.75, 3.05) is 11.1 Å². The Morgan fingerprint density at radius 1 is 1.12 bits per heavy atom. The lowest BCUT2D eigenvalue weighted by atomic mass is 10.2. The number of hydrogen-bond donors (Lipinski definition) is 1. The van der Waals surface area contributed by atoms with Gasteiger partial charge in [-0.2, -0.15) is 0 Å². The molecule has 0 bridgehead atoms. The van der Waals surface area contributed by atoms with Crippen LogP contribution in [0.25, 0.3) is 0 Å². The number of carbonyl (C=O) groups excluding carboxylic acids is 1. The van der Waals surface area contributed by atoms with Crippen molar-refractivity contribution in [1.82, 2.24) is 10.2 Å². The summed E-state index contributed by atoms with van der Waals surface area (Å²) in [5, 5.41) is 12.2. The topological polar surface area (TPSA) is 54.9 Å². The van der Waals surface area contributed by atoms with Gasteiger partial charge >= 0.3 is 0 Å². The molecule has 0 radical (unpaired) electrons. The Kier molecular flexibility index (Phi) is 5.65. The average Bonchev–Trinajstić information content (AvgIpc) is 3.03. The molecule has 0 spiro atoms. The first-order valence-electron chi connectivity index (χ1n) is 7.19. The van der Waals surface area contributed by atoms with Gasteiger partial charge in [-0.05, 0) is 31.2 Å². The molecular weight excluding hydrogens is 406 g/mol. The zero-order valence-electron chi connectivity index (χ0n) is 12.8. The summed E-state index contributed by atoms with van der Waals surface area (Å²) in [6.45, 7) is 2.05. The highest BCUT2D eigenvalue weighted by molar-refractivity contribution is 9.10. The third-order valence-corrected chi connectivity index (χ3v) is 5.70. The quantitative estimate of drug-likeness (QED) is 0.432. The molecule has 122 valence electrons. The third-order valence-electron chi connectivity index (χ3n) is 3.20. The van der Waals surface area contributed by atoms with Gasteiger partial charge in [-0.1, -0.05) is 68.9 Å². The van der Waals surface area contributed by atoms with E-state index in [-0.39, 0.29) is 5.78 Å². The van der Waals surface area contributed by atoms with Crippen molar-refractivity contribution in [3.63, 3.8) is 0 Å². The zero-order chi connectivity index (χ0) is 16.9. The SMILES string of the molecule is Cc1ccc(Nc2nnc(SCC(=O)c3ccc(Br)cc3)s2)cc1. The molecular formula is C17H14BrN3OS2. The first kappa shape index (κ1) is 17.1. The van der Waals surface area contributed by atoms with Crippen LogP contribution in [-0.2, 0) is 0 Å². The summed E-state index contributed by atoms with van der Waals surface area (Å²) in [6, 6.07) is 15.4. The van der Waals surface area contributed by atoms with Crippen LogP contribution in [0.1, 0.15) is 15.9 Å². The molecule has 3 rings (SSSR count). The molecule has 24 heavy (non-hydrogen) atoms. The van der Waals surface area contributed by atoms with Gasteiger partial charge in [0, 0.05) is 15.7 Å². The minimum atomic E-state index is 0.0794. The number of ketones is 1. The molecule has 1 heterocycles. The summed E-state index contributed by atoms with van der Waals surface area (Å²) >= 11 is 6.21. The molecule has 1 N–H and O–H groups in total. The van der Waals surface area contributed by atoms with Crippen molar-refractivity contribution < 1.29 is 4.79 Å². The van der Waals surface area contributed by atoms with Gasteiger partial charge in [-0.3, -0.25) is 4.79 Å². The molecule has 0 aliphatic rings. The second kappa shape index (κ2) is 7.92. The third kappa shape index (κ3) is 4.66. The maximum absolute atomic E-state index is 12.2. The van der Waals surface area contributed by atoms with Gasteiger partial charge in [0.25, 0.3) is 0 Å². The monoisotopic (exact) mass is 419 g/mol. The fraction of sp³-hybridized carbons (Fsp3) is 0.118. The summed E-state index contributed by atoms with van der Waals surface area (Å²) in [5.74, 6) is 0.427. The lowest BCUT2D eigenvalue weighted by Crippen LogP contribution is -2.01. The number of Topliss-reactive ketones (excluding diaryl/α,β-unsaturated/α-hetero) is 1. The van der Waals surface area contributed by atoms with Crippen LogP contribution in [0.4, 0.5) is 10.8 Å². The Labute approximate surface area is 156 Å². The van der Waals surface area contributed by atoms with Crippen LogP contribution in [-0.4, -0.2) is 21.7 Å². The van der Waals surface area contributed by atoms with E-state index in [1.165, 1.54) is 28.7 Å². The summed E-state index contributed by atoms with van der Waals surface area (Å²) in [4.78, 5) is 12.2. The summed E-state index contributed by atoms with van der Waals surface area (Å²) < 4.78 is 1.73. The van der Waals surface area contributed by atoms with E-state index in [4.69, 9.17) is 0 Å². The summed E-state index contributed by atoms with van der Waals surface area (Å²) in [6.07, 6.45) is 0. The number of carbonyl (C=O) groups is 1. The van der Waals surface area contributed by atoms with E-state index in [2.05, 4.69) is 31.4 Å². The Balaban J connectivity index is 1.56. The Hall–Kier alpha value is -1.70. The van der Waals surface area contributed by atoms with Crippen LogP contribution in [0.5, 0.6) is 0 Å². The highest BCUT2D eigenvalue weighted by Gasteiger charge is 2.10. The van der Waals surface area contributed by atoms with E-state index in [0.717, 1.165) is 19.6 Å². The van der Waals surface area contributed by atoms with Crippen LogP contribution in [0.2, 0.25) is 0 Å². The maximum Gasteiger partial charge on any atom is 0.210 e. The van der Waals surface area contributed by atoms with Crippen molar-refractivity contribution in [2.45, 2.75) is 11.3 Å². The van der Waals surface area contributed by atoms with Crippen molar-refractivity contribution in [1.29, 1.82) is 0 Å². The fourth-order valence-electron chi connectivity index (χ4n) is 1.93. The van der Waals surface area contributed by atoms with E-state index >= 15 is 0 Å². The Morgan fingerprint density at radius 3 is 2.54 bits per heavy atom. The molecule has 7 heteroatoms. The normalized spacial score (nSPS) is 10.6. The number of thioether (sulfide) groups is 1. The molecule has 1 aromatic heterocycles. The lowest BCUT2D eigenvalue weighted by molar-refractivity contribution is 0.102. The first-order chi connectivity index (χ1) is 11.6. The van der Waals surface area contributed by atoms with Gasteiger partial charge in [-0.25, -0.2) is 0 Å². The molecule has 0 saturated heterocycles.